The molecule has 0 saturated carbocycles. The fourth-order valence-corrected chi connectivity index (χ4v) is 3.10. The molecule has 0 spiro atoms. The minimum Gasteiger partial charge on any atom is -0.355 e. The summed E-state index contributed by atoms with van der Waals surface area (Å²) in [6, 6.07) is 5.43. The topological polar surface area (TPSA) is 101 Å². The predicted molar refractivity (Wildman–Crippen MR) is 88.2 cm³/mol. The third-order valence-corrected chi connectivity index (χ3v) is 4.51. The van der Waals surface area contributed by atoms with Gasteiger partial charge in [-0.15, -0.1) is 11.3 Å². The van der Waals surface area contributed by atoms with Crippen molar-refractivity contribution in [3.8, 4) is 0 Å². The highest BCUT2D eigenvalue weighted by atomic mass is 32.1. The van der Waals surface area contributed by atoms with Gasteiger partial charge in [-0.1, -0.05) is 6.07 Å². The first kappa shape index (κ1) is 16.6. The standard InChI is InChI=1S/C15H15N3O4S/c1-8-9(2)23-15(12(8)14(20)16-3)17-13(19)10-5-4-6-11(7-10)18(21)22/h4-7H,1-3H3,(H,16,20)(H,17,19). The van der Waals surface area contributed by atoms with E-state index in [4.69, 9.17) is 0 Å². The molecule has 7 nitrogen and oxygen atoms in total. The monoisotopic (exact) mass is 333 g/mol. The van der Waals surface area contributed by atoms with Gasteiger partial charge >= 0.3 is 0 Å². The number of non-ortho nitro benzene ring substituents is 1. The number of nitro benzene ring substituents is 1. The van der Waals surface area contributed by atoms with Crippen LogP contribution in [0.3, 0.4) is 0 Å². The van der Waals surface area contributed by atoms with E-state index in [2.05, 4.69) is 10.6 Å². The summed E-state index contributed by atoms with van der Waals surface area (Å²) in [5, 5.41) is 16.4. The van der Waals surface area contributed by atoms with Crippen LogP contribution in [0.4, 0.5) is 10.7 Å². The van der Waals surface area contributed by atoms with Gasteiger partial charge in [-0.05, 0) is 25.5 Å². The number of hydrogen-bond acceptors (Lipinski definition) is 5. The molecule has 2 amide bonds. The number of nitrogens with zero attached hydrogens (tertiary/aromatic N) is 1. The Balaban J connectivity index is 2.34. The van der Waals surface area contributed by atoms with Crippen LogP contribution in [-0.4, -0.2) is 23.8 Å². The van der Waals surface area contributed by atoms with Crippen LogP contribution in [0.15, 0.2) is 24.3 Å². The van der Waals surface area contributed by atoms with Crippen molar-refractivity contribution in [3.63, 3.8) is 0 Å². The molecule has 1 aromatic heterocycles. The molecule has 0 saturated heterocycles. The Kier molecular flexibility index (Phi) is 4.75. The molecule has 0 radical (unpaired) electrons. The zero-order valence-electron chi connectivity index (χ0n) is 12.8. The van der Waals surface area contributed by atoms with Gasteiger partial charge < -0.3 is 10.6 Å². The molecule has 0 atom stereocenters. The molecule has 2 N–H and O–H groups in total. The molecule has 0 unspecified atom stereocenters. The molecule has 0 aliphatic carbocycles. The number of rotatable bonds is 4. The van der Waals surface area contributed by atoms with Crippen molar-refractivity contribution in [2.75, 3.05) is 12.4 Å². The highest BCUT2D eigenvalue weighted by Gasteiger charge is 2.21. The van der Waals surface area contributed by atoms with Gasteiger partial charge in [0, 0.05) is 29.6 Å². The highest BCUT2D eigenvalue weighted by molar-refractivity contribution is 7.16. The van der Waals surface area contributed by atoms with Gasteiger partial charge in [0.2, 0.25) is 0 Å². The Bertz CT molecular complexity index is 798. The summed E-state index contributed by atoms with van der Waals surface area (Å²) < 4.78 is 0. The van der Waals surface area contributed by atoms with E-state index in [1.165, 1.54) is 42.6 Å². The fraction of sp³-hybridized carbons (Fsp3) is 0.200. The van der Waals surface area contributed by atoms with Gasteiger partial charge in [0.15, 0.2) is 0 Å². The zero-order chi connectivity index (χ0) is 17.1. The van der Waals surface area contributed by atoms with Crippen molar-refractivity contribution in [3.05, 3.63) is 55.9 Å². The number of carbonyl (C=O) groups is 2. The number of thiophene rings is 1. The Labute approximate surface area is 136 Å². The first-order chi connectivity index (χ1) is 10.8. The lowest BCUT2D eigenvalue weighted by molar-refractivity contribution is -0.384. The third kappa shape index (κ3) is 3.37. The second-order valence-electron chi connectivity index (χ2n) is 4.83. The molecular weight excluding hydrogens is 318 g/mol. The van der Waals surface area contributed by atoms with E-state index in [-0.39, 0.29) is 17.2 Å². The van der Waals surface area contributed by atoms with Crippen LogP contribution < -0.4 is 10.6 Å². The van der Waals surface area contributed by atoms with Crippen molar-refractivity contribution in [2.24, 2.45) is 0 Å². The maximum absolute atomic E-state index is 12.3. The summed E-state index contributed by atoms with van der Waals surface area (Å²) >= 11 is 1.29. The molecule has 2 rings (SSSR count). The number of aryl methyl sites for hydroxylation is 1. The van der Waals surface area contributed by atoms with Crippen molar-refractivity contribution >= 4 is 33.8 Å². The largest absolute Gasteiger partial charge is 0.355 e. The maximum Gasteiger partial charge on any atom is 0.270 e. The van der Waals surface area contributed by atoms with Crippen LogP contribution in [0.1, 0.15) is 31.2 Å². The van der Waals surface area contributed by atoms with Crippen molar-refractivity contribution in [1.82, 2.24) is 5.32 Å². The first-order valence-electron chi connectivity index (χ1n) is 6.73. The summed E-state index contributed by atoms with van der Waals surface area (Å²) in [6.07, 6.45) is 0. The lowest BCUT2D eigenvalue weighted by Gasteiger charge is -2.06. The van der Waals surface area contributed by atoms with Gasteiger partial charge in [-0.25, -0.2) is 0 Å². The van der Waals surface area contributed by atoms with Crippen LogP contribution in [-0.2, 0) is 0 Å². The molecule has 1 aromatic carbocycles. The minimum atomic E-state index is -0.563. The summed E-state index contributed by atoms with van der Waals surface area (Å²) in [7, 11) is 1.51. The fourth-order valence-electron chi connectivity index (χ4n) is 2.05. The Morgan fingerprint density at radius 1 is 1.22 bits per heavy atom. The molecule has 2 aromatic rings. The summed E-state index contributed by atoms with van der Waals surface area (Å²) in [5.41, 5.74) is 1.20. The van der Waals surface area contributed by atoms with Crippen LogP contribution >= 0.6 is 11.3 Å². The number of anilines is 1. The lowest BCUT2D eigenvalue weighted by atomic mass is 10.1. The number of carbonyl (C=O) groups excluding carboxylic acids is 2. The Morgan fingerprint density at radius 3 is 2.52 bits per heavy atom. The molecule has 8 heteroatoms. The van der Waals surface area contributed by atoms with E-state index in [1.54, 1.807) is 6.92 Å². The van der Waals surface area contributed by atoms with Crippen LogP contribution in [0.5, 0.6) is 0 Å². The number of nitro groups is 1. The SMILES string of the molecule is CNC(=O)c1c(NC(=O)c2cccc([N+](=O)[O-])c2)sc(C)c1C. The molecule has 0 bridgehead atoms. The van der Waals surface area contributed by atoms with Gasteiger partial charge in [0.25, 0.3) is 17.5 Å². The first-order valence-corrected chi connectivity index (χ1v) is 7.54. The average molecular weight is 333 g/mol. The summed E-state index contributed by atoms with van der Waals surface area (Å²) in [6.45, 7) is 3.66. The zero-order valence-corrected chi connectivity index (χ0v) is 13.6. The van der Waals surface area contributed by atoms with Crippen LogP contribution in [0.2, 0.25) is 0 Å². The lowest BCUT2D eigenvalue weighted by Crippen LogP contribution is -2.21. The quantitative estimate of drug-likeness (QED) is 0.663. The normalized spacial score (nSPS) is 10.2. The summed E-state index contributed by atoms with van der Waals surface area (Å²) in [5.74, 6) is -0.790. The van der Waals surface area contributed by atoms with E-state index in [0.29, 0.717) is 10.6 Å². The molecular formula is C15H15N3O4S. The maximum atomic E-state index is 12.3. The number of amides is 2. The van der Waals surface area contributed by atoms with Gasteiger partial charge in [0.1, 0.15) is 5.00 Å². The molecule has 23 heavy (non-hydrogen) atoms. The van der Waals surface area contributed by atoms with E-state index in [1.807, 2.05) is 6.92 Å². The van der Waals surface area contributed by atoms with Crippen LogP contribution in [0.25, 0.3) is 0 Å². The van der Waals surface area contributed by atoms with Gasteiger partial charge in [-0.3, -0.25) is 19.7 Å². The van der Waals surface area contributed by atoms with Crippen molar-refractivity contribution < 1.29 is 14.5 Å². The molecule has 120 valence electrons. The van der Waals surface area contributed by atoms with E-state index >= 15 is 0 Å². The minimum absolute atomic E-state index is 0.158. The number of nitrogens with one attached hydrogen (secondary N) is 2. The Hall–Kier alpha value is -2.74. The van der Waals surface area contributed by atoms with E-state index in [0.717, 1.165) is 10.4 Å². The van der Waals surface area contributed by atoms with Crippen molar-refractivity contribution in [2.45, 2.75) is 13.8 Å². The van der Waals surface area contributed by atoms with Crippen molar-refractivity contribution in [1.29, 1.82) is 0 Å². The van der Waals surface area contributed by atoms with Crippen LogP contribution in [0, 0.1) is 24.0 Å². The highest BCUT2D eigenvalue weighted by Crippen LogP contribution is 2.32. The number of benzene rings is 1. The summed E-state index contributed by atoms with van der Waals surface area (Å²) in [4.78, 5) is 35.4. The average Bonchev–Trinajstić information content (AvgIpc) is 2.81. The van der Waals surface area contributed by atoms with E-state index in [9.17, 15) is 19.7 Å². The molecule has 1 heterocycles. The molecule has 0 aliphatic rings. The van der Waals surface area contributed by atoms with Gasteiger partial charge in [-0.2, -0.15) is 0 Å². The smallest absolute Gasteiger partial charge is 0.270 e. The third-order valence-electron chi connectivity index (χ3n) is 3.39. The second-order valence-corrected chi connectivity index (χ2v) is 6.05. The molecule has 0 fully saturated rings. The second kappa shape index (κ2) is 6.57. The Morgan fingerprint density at radius 2 is 1.91 bits per heavy atom. The van der Waals surface area contributed by atoms with E-state index < -0.39 is 10.8 Å². The molecule has 0 aliphatic heterocycles. The predicted octanol–water partition coefficient (Wildman–Crippen LogP) is 2.89. The van der Waals surface area contributed by atoms with Gasteiger partial charge in [0.05, 0.1) is 10.5 Å². The number of hydrogen-bond donors (Lipinski definition) is 2.